The molecule has 0 aliphatic carbocycles. The molecule has 29 heavy (non-hydrogen) atoms. The molecule has 0 heterocycles. The van der Waals surface area contributed by atoms with Crippen LogP contribution in [0.3, 0.4) is 0 Å². The monoisotopic (exact) mass is 464 g/mol. The predicted octanol–water partition coefficient (Wildman–Crippen LogP) is 2.43. The van der Waals surface area contributed by atoms with Crippen molar-refractivity contribution in [3.05, 3.63) is 0 Å². The Morgan fingerprint density at radius 2 is 0.483 bits per heavy atom. The van der Waals surface area contributed by atoms with Gasteiger partial charge in [-0.25, -0.2) is 0 Å². The molecule has 0 saturated heterocycles. The molecule has 0 saturated carbocycles. The van der Waals surface area contributed by atoms with Gasteiger partial charge in [0.2, 0.25) is 0 Å². The van der Waals surface area contributed by atoms with E-state index < -0.39 is 25.2 Å². The van der Waals surface area contributed by atoms with Gasteiger partial charge < -0.3 is 39.4 Å². The maximum Gasteiger partial charge on any atom is 0.156 e. The summed E-state index contributed by atoms with van der Waals surface area (Å²) in [6.45, 7) is 15.2. The van der Waals surface area contributed by atoms with Gasteiger partial charge in [-0.15, -0.1) is 0 Å². The first kappa shape index (κ1) is 39.8. The Balaban J connectivity index is -0.0000000873. The smallest absolute Gasteiger partial charge is 0.156 e. The molecule has 4 atom stereocenters. The van der Waals surface area contributed by atoms with Crippen LogP contribution < -0.4 is 0 Å². The van der Waals surface area contributed by atoms with E-state index in [9.17, 15) is 0 Å². The van der Waals surface area contributed by atoms with Crippen molar-refractivity contribution >= 4 is 0 Å². The van der Waals surface area contributed by atoms with Crippen molar-refractivity contribution in [2.75, 3.05) is 28.4 Å². The molecule has 0 aromatic carbocycles. The van der Waals surface area contributed by atoms with Crippen molar-refractivity contribution in [2.45, 2.75) is 80.6 Å². The van der Waals surface area contributed by atoms with Crippen LogP contribution in [0.15, 0.2) is 0 Å². The molecule has 0 amide bonds. The number of aliphatic hydroxyl groups excluding tert-OH is 4. The van der Waals surface area contributed by atoms with Crippen molar-refractivity contribution in [2.24, 2.45) is 23.7 Å². The normalized spacial score (nSPS) is 14.5. The van der Waals surface area contributed by atoms with Crippen LogP contribution in [0, 0.1) is 23.7 Å². The first-order chi connectivity index (χ1) is 12.7. The Hall–Kier alpha value is 0.394. The average Bonchev–Trinajstić information content (AvgIpc) is 2.66. The minimum absolute atomic E-state index is 0. The third kappa shape index (κ3) is 33.2. The fraction of sp³-hybridized carbons (Fsp3) is 1.00. The summed E-state index contributed by atoms with van der Waals surface area (Å²) in [5.41, 5.74) is 0. The van der Waals surface area contributed by atoms with E-state index in [1.807, 2.05) is 55.4 Å². The van der Waals surface area contributed by atoms with E-state index in [0.717, 1.165) is 0 Å². The molecule has 180 valence electrons. The van der Waals surface area contributed by atoms with E-state index in [2.05, 4.69) is 18.9 Å². The standard InChI is InChI=1S/4C5H12O2.Ti/c4*1-4(2)5(6)7-3;/h4*4-6H,1-3H3;. The number of aliphatic hydroxyl groups is 4. The molecule has 0 fully saturated rings. The number of rotatable bonds is 8. The summed E-state index contributed by atoms with van der Waals surface area (Å²) in [5.74, 6) is 0.796. The third-order valence-corrected chi connectivity index (χ3v) is 3.25. The zero-order valence-corrected chi connectivity index (χ0v) is 22.1. The van der Waals surface area contributed by atoms with E-state index in [-0.39, 0.29) is 45.4 Å². The molecule has 8 nitrogen and oxygen atoms in total. The van der Waals surface area contributed by atoms with Crippen molar-refractivity contribution in [1.82, 2.24) is 0 Å². The minimum atomic E-state index is -0.597. The summed E-state index contributed by atoms with van der Waals surface area (Å²) < 4.78 is 18.3. The van der Waals surface area contributed by atoms with E-state index >= 15 is 0 Å². The topological polar surface area (TPSA) is 118 Å². The van der Waals surface area contributed by atoms with Crippen LogP contribution in [0.2, 0.25) is 0 Å². The van der Waals surface area contributed by atoms with Crippen molar-refractivity contribution in [1.29, 1.82) is 0 Å². The quantitative estimate of drug-likeness (QED) is 0.320. The van der Waals surface area contributed by atoms with Gasteiger partial charge in [0, 0.05) is 73.8 Å². The molecule has 4 unspecified atom stereocenters. The molecule has 0 rings (SSSR count). The molecular weight excluding hydrogens is 416 g/mol. The van der Waals surface area contributed by atoms with Crippen molar-refractivity contribution in [3.8, 4) is 0 Å². The number of ether oxygens (including phenoxy) is 4. The number of hydrogen-bond donors (Lipinski definition) is 4. The molecule has 4 N–H and O–H groups in total. The molecule has 0 aromatic heterocycles. The van der Waals surface area contributed by atoms with E-state index in [1.54, 1.807) is 0 Å². The predicted molar refractivity (Wildman–Crippen MR) is 111 cm³/mol. The van der Waals surface area contributed by atoms with Crippen molar-refractivity contribution < 1.29 is 61.1 Å². The van der Waals surface area contributed by atoms with Gasteiger partial charge in [-0.1, -0.05) is 55.4 Å². The molecule has 0 spiro atoms. The first-order valence-electron chi connectivity index (χ1n) is 9.56. The van der Waals surface area contributed by atoms with Gasteiger partial charge in [0.05, 0.1) is 0 Å². The van der Waals surface area contributed by atoms with Crippen LogP contribution in [-0.2, 0) is 40.7 Å². The van der Waals surface area contributed by atoms with Gasteiger partial charge in [-0.05, 0) is 0 Å². The van der Waals surface area contributed by atoms with E-state index in [1.165, 1.54) is 28.4 Å². The second-order valence-corrected chi connectivity index (χ2v) is 7.48. The fourth-order valence-corrected chi connectivity index (χ4v) is 1.09. The van der Waals surface area contributed by atoms with Gasteiger partial charge >= 0.3 is 0 Å². The van der Waals surface area contributed by atoms with Crippen LogP contribution in [0.1, 0.15) is 55.4 Å². The maximum atomic E-state index is 8.71. The summed E-state index contributed by atoms with van der Waals surface area (Å²) in [4.78, 5) is 0. The van der Waals surface area contributed by atoms with Gasteiger partial charge in [0.1, 0.15) is 0 Å². The van der Waals surface area contributed by atoms with Gasteiger partial charge in [0.25, 0.3) is 0 Å². The Bertz CT molecular complexity index is 236. The van der Waals surface area contributed by atoms with Crippen LogP contribution in [0.4, 0.5) is 0 Å². The molecule has 0 aliphatic rings. The summed E-state index contributed by atoms with van der Waals surface area (Å²) in [5, 5.41) is 34.9. The minimum Gasteiger partial charge on any atom is -0.368 e. The molecular formula is C20H48O8Ti. The first-order valence-corrected chi connectivity index (χ1v) is 9.56. The Morgan fingerprint density at radius 3 is 0.483 bits per heavy atom. The molecule has 9 heteroatoms. The molecule has 0 aliphatic heterocycles. The van der Waals surface area contributed by atoms with Gasteiger partial charge in [-0.2, -0.15) is 0 Å². The second kappa shape index (κ2) is 26.4. The summed E-state index contributed by atoms with van der Waals surface area (Å²) in [7, 11) is 5.96. The largest absolute Gasteiger partial charge is 0.368 e. The average molecular weight is 464 g/mol. The Labute approximate surface area is 193 Å². The SMILES string of the molecule is COC(O)C(C)C.COC(O)C(C)C.COC(O)C(C)C.COC(O)C(C)C.[Ti]. The molecule has 0 radical (unpaired) electrons. The van der Waals surface area contributed by atoms with Crippen LogP contribution >= 0.6 is 0 Å². The summed E-state index contributed by atoms with van der Waals surface area (Å²) in [6.07, 6.45) is -2.39. The van der Waals surface area contributed by atoms with Crippen molar-refractivity contribution in [3.63, 3.8) is 0 Å². The van der Waals surface area contributed by atoms with Crippen LogP contribution in [0.25, 0.3) is 0 Å². The van der Waals surface area contributed by atoms with E-state index in [0.29, 0.717) is 0 Å². The number of hydrogen-bond acceptors (Lipinski definition) is 8. The summed E-state index contributed by atoms with van der Waals surface area (Å²) in [6, 6.07) is 0. The number of methoxy groups -OCH3 is 4. The maximum absolute atomic E-state index is 8.71. The van der Waals surface area contributed by atoms with Gasteiger partial charge in [-0.3, -0.25) is 0 Å². The Morgan fingerprint density at radius 1 is 0.379 bits per heavy atom. The Kier molecular flexibility index (Phi) is 36.3. The van der Waals surface area contributed by atoms with Crippen LogP contribution in [0.5, 0.6) is 0 Å². The third-order valence-electron chi connectivity index (χ3n) is 3.25. The van der Waals surface area contributed by atoms with Crippen LogP contribution in [-0.4, -0.2) is 74.0 Å². The second-order valence-electron chi connectivity index (χ2n) is 7.48. The summed E-state index contributed by atoms with van der Waals surface area (Å²) >= 11 is 0. The zero-order valence-electron chi connectivity index (χ0n) is 20.5. The molecule has 0 aromatic rings. The molecule has 0 bridgehead atoms. The fourth-order valence-electron chi connectivity index (χ4n) is 1.09. The van der Waals surface area contributed by atoms with Gasteiger partial charge in [0.15, 0.2) is 25.2 Å². The van der Waals surface area contributed by atoms with E-state index in [4.69, 9.17) is 20.4 Å². The zero-order chi connectivity index (χ0) is 23.4.